The van der Waals surface area contributed by atoms with Crippen molar-refractivity contribution in [1.82, 2.24) is 9.55 Å². The highest BCUT2D eigenvalue weighted by Crippen LogP contribution is 2.25. The normalized spacial score (nSPS) is 20.6. The fourth-order valence-electron chi connectivity index (χ4n) is 2.05. The Morgan fingerprint density at radius 3 is 3.00 bits per heavy atom. The van der Waals surface area contributed by atoms with E-state index in [-0.39, 0.29) is 5.82 Å². The molecule has 1 heterocycles. The summed E-state index contributed by atoms with van der Waals surface area (Å²) in [4.78, 5) is 15.0. The van der Waals surface area contributed by atoms with E-state index in [1.165, 1.54) is 0 Å². The summed E-state index contributed by atoms with van der Waals surface area (Å²) in [6, 6.07) is 0. The minimum absolute atomic E-state index is 0.170. The average molecular weight is 194 g/mol. The lowest BCUT2D eigenvalue weighted by atomic mass is 9.91. The SMILES string of the molecule is CC1CCc2nc(C(=O)O)n(C)c2C1. The van der Waals surface area contributed by atoms with Gasteiger partial charge in [-0.3, -0.25) is 0 Å². The Morgan fingerprint density at radius 2 is 2.36 bits per heavy atom. The van der Waals surface area contributed by atoms with E-state index in [1.54, 1.807) is 11.6 Å². The number of carboxylic acid groups (broad SMARTS) is 1. The van der Waals surface area contributed by atoms with Gasteiger partial charge in [-0.1, -0.05) is 6.92 Å². The van der Waals surface area contributed by atoms with Crippen LogP contribution < -0.4 is 0 Å². The highest BCUT2D eigenvalue weighted by Gasteiger charge is 2.24. The highest BCUT2D eigenvalue weighted by molar-refractivity contribution is 5.83. The number of carbonyl (C=O) groups is 1. The Labute approximate surface area is 82.6 Å². The topological polar surface area (TPSA) is 55.1 Å². The lowest BCUT2D eigenvalue weighted by Gasteiger charge is -2.18. The molecular formula is C10H14N2O2. The van der Waals surface area contributed by atoms with Crippen LogP contribution in [0.5, 0.6) is 0 Å². The molecule has 0 radical (unpaired) electrons. The maximum absolute atomic E-state index is 10.8. The number of fused-ring (bicyclic) bond motifs is 1. The first-order valence-corrected chi connectivity index (χ1v) is 4.87. The maximum Gasteiger partial charge on any atom is 0.372 e. The quantitative estimate of drug-likeness (QED) is 0.731. The van der Waals surface area contributed by atoms with Crippen LogP contribution in [-0.2, 0) is 19.9 Å². The van der Waals surface area contributed by atoms with Crippen molar-refractivity contribution in [3.63, 3.8) is 0 Å². The van der Waals surface area contributed by atoms with E-state index in [4.69, 9.17) is 5.11 Å². The third-order valence-corrected chi connectivity index (χ3v) is 2.90. The molecule has 0 amide bonds. The van der Waals surface area contributed by atoms with Crippen molar-refractivity contribution < 1.29 is 9.90 Å². The van der Waals surface area contributed by atoms with Crippen molar-refractivity contribution in [3.8, 4) is 0 Å². The van der Waals surface area contributed by atoms with Crippen molar-refractivity contribution in [2.45, 2.75) is 26.2 Å². The van der Waals surface area contributed by atoms with Gasteiger partial charge in [-0.05, 0) is 25.2 Å². The number of hydrogen-bond acceptors (Lipinski definition) is 2. The minimum atomic E-state index is -0.936. The number of rotatable bonds is 1. The van der Waals surface area contributed by atoms with Crippen molar-refractivity contribution in [1.29, 1.82) is 0 Å². The number of nitrogens with zero attached hydrogens (tertiary/aromatic N) is 2. The van der Waals surface area contributed by atoms with E-state index in [0.717, 1.165) is 30.7 Å². The van der Waals surface area contributed by atoms with E-state index in [2.05, 4.69) is 11.9 Å². The lowest BCUT2D eigenvalue weighted by Crippen LogP contribution is -2.14. The first kappa shape index (κ1) is 9.24. The predicted octanol–water partition coefficient (Wildman–Crippen LogP) is 1.24. The molecule has 0 fully saturated rings. The summed E-state index contributed by atoms with van der Waals surface area (Å²) in [6.07, 6.45) is 2.98. The molecule has 1 aliphatic rings. The number of carboxylic acids is 1. The van der Waals surface area contributed by atoms with E-state index in [0.29, 0.717) is 5.92 Å². The maximum atomic E-state index is 10.8. The minimum Gasteiger partial charge on any atom is -0.475 e. The van der Waals surface area contributed by atoms with Crippen molar-refractivity contribution in [3.05, 3.63) is 17.2 Å². The van der Waals surface area contributed by atoms with Gasteiger partial charge in [-0.15, -0.1) is 0 Å². The van der Waals surface area contributed by atoms with Gasteiger partial charge in [-0.2, -0.15) is 0 Å². The molecule has 0 aromatic carbocycles. The zero-order chi connectivity index (χ0) is 10.3. The van der Waals surface area contributed by atoms with E-state index < -0.39 is 5.97 Å². The molecule has 0 bridgehead atoms. The number of hydrogen-bond donors (Lipinski definition) is 1. The number of aromatic nitrogens is 2. The fraction of sp³-hybridized carbons (Fsp3) is 0.600. The first-order chi connectivity index (χ1) is 6.59. The molecule has 1 aromatic rings. The third-order valence-electron chi connectivity index (χ3n) is 2.90. The molecular weight excluding hydrogens is 180 g/mol. The Bertz CT molecular complexity index is 382. The van der Waals surface area contributed by atoms with Crippen LogP contribution in [0.25, 0.3) is 0 Å². The molecule has 1 aromatic heterocycles. The fourth-order valence-corrected chi connectivity index (χ4v) is 2.05. The van der Waals surface area contributed by atoms with Gasteiger partial charge in [0.05, 0.1) is 5.69 Å². The molecule has 0 spiro atoms. The molecule has 4 nitrogen and oxygen atoms in total. The van der Waals surface area contributed by atoms with Gasteiger partial charge >= 0.3 is 5.97 Å². The second kappa shape index (κ2) is 3.12. The first-order valence-electron chi connectivity index (χ1n) is 4.87. The van der Waals surface area contributed by atoms with Gasteiger partial charge in [0.2, 0.25) is 5.82 Å². The second-order valence-electron chi connectivity index (χ2n) is 4.04. The summed E-state index contributed by atoms with van der Waals surface area (Å²) < 4.78 is 1.72. The molecule has 0 saturated carbocycles. The Balaban J connectivity index is 2.46. The van der Waals surface area contributed by atoms with Gasteiger partial charge in [0, 0.05) is 12.7 Å². The molecule has 2 rings (SSSR count). The standard InChI is InChI=1S/C10H14N2O2/c1-6-3-4-7-8(5-6)12(2)9(11-7)10(13)14/h6H,3-5H2,1-2H3,(H,13,14). The molecule has 1 N–H and O–H groups in total. The van der Waals surface area contributed by atoms with Gasteiger partial charge in [0.1, 0.15) is 0 Å². The number of aryl methyl sites for hydroxylation is 1. The van der Waals surface area contributed by atoms with Crippen LogP contribution in [0.4, 0.5) is 0 Å². The van der Waals surface area contributed by atoms with Gasteiger partial charge < -0.3 is 9.67 Å². The van der Waals surface area contributed by atoms with E-state index in [9.17, 15) is 4.79 Å². The van der Waals surface area contributed by atoms with Crippen LogP contribution >= 0.6 is 0 Å². The van der Waals surface area contributed by atoms with Gasteiger partial charge in [0.15, 0.2) is 0 Å². The molecule has 1 unspecified atom stereocenters. The Kier molecular flexibility index (Phi) is 2.06. The summed E-state index contributed by atoms with van der Waals surface area (Å²) >= 11 is 0. The van der Waals surface area contributed by atoms with Crippen LogP contribution in [0.2, 0.25) is 0 Å². The molecule has 0 saturated heterocycles. The van der Waals surface area contributed by atoms with Crippen LogP contribution in [0.1, 0.15) is 35.4 Å². The predicted molar refractivity (Wildman–Crippen MR) is 51.4 cm³/mol. The highest BCUT2D eigenvalue weighted by atomic mass is 16.4. The number of imidazole rings is 1. The van der Waals surface area contributed by atoms with E-state index >= 15 is 0 Å². The monoisotopic (exact) mass is 194 g/mol. The zero-order valence-corrected chi connectivity index (χ0v) is 8.45. The summed E-state index contributed by atoms with van der Waals surface area (Å²) in [5, 5.41) is 8.90. The lowest BCUT2D eigenvalue weighted by molar-refractivity contribution is 0.0679. The molecule has 14 heavy (non-hydrogen) atoms. The van der Waals surface area contributed by atoms with Crippen molar-refractivity contribution in [2.24, 2.45) is 13.0 Å². The van der Waals surface area contributed by atoms with Crippen LogP contribution in [0.15, 0.2) is 0 Å². The van der Waals surface area contributed by atoms with Gasteiger partial charge in [-0.25, -0.2) is 9.78 Å². The van der Waals surface area contributed by atoms with Crippen LogP contribution in [0.3, 0.4) is 0 Å². The molecule has 1 atom stereocenters. The van der Waals surface area contributed by atoms with Crippen molar-refractivity contribution in [2.75, 3.05) is 0 Å². The third kappa shape index (κ3) is 1.31. The summed E-state index contributed by atoms with van der Waals surface area (Å²) in [5.41, 5.74) is 2.07. The molecule has 4 heteroatoms. The summed E-state index contributed by atoms with van der Waals surface area (Å²) in [6.45, 7) is 2.19. The summed E-state index contributed by atoms with van der Waals surface area (Å²) in [5.74, 6) is -0.127. The van der Waals surface area contributed by atoms with Crippen LogP contribution in [0, 0.1) is 5.92 Å². The van der Waals surface area contributed by atoms with Gasteiger partial charge in [0.25, 0.3) is 0 Å². The molecule has 1 aliphatic carbocycles. The Hall–Kier alpha value is -1.32. The Morgan fingerprint density at radius 1 is 1.64 bits per heavy atom. The second-order valence-corrected chi connectivity index (χ2v) is 4.04. The van der Waals surface area contributed by atoms with Crippen molar-refractivity contribution >= 4 is 5.97 Å². The molecule has 0 aliphatic heterocycles. The van der Waals surface area contributed by atoms with E-state index in [1.807, 2.05) is 0 Å². The summed E-state index contributed by atoms with van der Waals surface area (Å²) in [7, 11) is 1.79. The number of aromatic carboxylic acids is 1. The molecule has 76 valence electrons. The average Bonchev–Trinajstić information content (AvgIpc) is 2.44. The largest absolute Gasteiger partial charge is 0.475 e. The van der Waals surface area contributed by atoms with Crippen LogP contribution in [-0.4, -0.2) is 20.6 Å². The smallest absolute Gasteiger partial charge is 0.372 e. The zero-order valence-electron chi connectivity index (χ0n) is 8.45.